The van der Waals surface area contributed by atoms with Gasteiger partial charge in [0, 0.05) is 23.7 Å². The molecule has 0 atom stereocenters. The number of sulfonamides is 1. The molecule has 1 heterocycles. The average Bonchev–Trinajstić information content (AvgIpc) is 2.39. The van der Waals surface area contributed by atoms with Crippen molar-refractivity contribution < 1.29 is 17.9 Å². The largest absolute Gasteiger partial charge is 0.493 e. The van der Waals surface area contributed by atoms with Crippen molar-refractivity contribution in [1.82, 2.24) is 0 Å². The SMILES string of the molecule is Cc1cc(OCC2(CS(N)(=O)=O)CCOCC2)ccc1Cl. The molecule has 0 unspecified atom stereocenters. The van der Waals surface area contributed by atoms with Gasteiger partial charge >= 0.3 is 0 Å². The number of benzene rings is 1. The van der Waals surface area contributed by atoms with Gasteiger partial charge in [0.05, 0.1) is 12.4 Å². The van der Waals surface area contributed by atoms with Crippen molar-refractivity contribution in [3.63, 3.8) is 0 Å². The van der Waals surface area contributed by atoms with Gasteiger partial charge in [-0.25, -0.2) is 13.6 Å². The van der Waals surface area contributed by atoms with Crippen molar-refractivity contribution in [2.45, 2.75) is 19.8 Å². The lowest BCUT2D eigenvalue weighted by Crippen LogP contribution is -2.42. The van der Waals surface area contributed by atoms with Gasteiger partial charge in [0.15, 0.2) is 0 Å². The van der Waals surface area contributed by atoms with E-state index < -0.39 is 15.4 Å². The molecule has 0 aliphatic carbocycles. The maximum atomic E-state index is 11.5. The molecule has 1 fully saturated rings. The van der Waals surface area contributed by atoms with Crippen LogP contribution in [0, 0.1) is 12.3 Å². The van der Waals surface area contributed by atoms with Crippen LogP contribution in [0.2, 0.25) is 5.02 Å². The van der Waals surface area contributed by atoms with Gasteiger partial charge in [-0.2, -0.15) is 0 Å². The third-order valence-electron chi connectivity index (χ3n) is 3.74. The van der Waals surface area contributed by atoms with Crippen molar-refractivity contribution in [3.8, 4) is 5.75 Å². The lowest BCUT2D eigenvalue weighted by molar-refractivity contribution is 0.00208. The number of ether oxygens (including phenoxy) is 2. The van der Waals surface area contributed by atoms with Crippen LogP contribution in [-0.4, -0.2) is 34.0 Å². The van der Waals surface area contributed by atoms with Gasteiger partial charge in [-0.15, -0.1) is 0 Å². The Kier molecular flexibility index (Phi) is 5.14. The highest BCUT2D eigenvalue weighted by molar-refractivity contribution is 7.89. The molecule has 0 amide bonds. The Bertz CT molecular complexity index is 597. The van der Waals surface area contributed by atoms with Gasteiger partial charge in [0.25, 0.3) is 0 Å². The van der Waals surface area contributed by atoms with E-state index in [1.165, 1.54) is 0 Å². The molecule has 1 saturated heterocycles. The van der Waals surface area contributed by atoms with Gasteiger partial charge in [-0.05, 0) is 43.5 Å². The van der Waals surface area contributed by atoms with Crippen LogP contribution in [-0.2, 0) is 14.8 Å². The van der Waals surface area contributed by atoms with E-state index in [0.29, 0.717) is 43.4 Å². The van der Waals surface area contributed by atoms with E-state index in [4.69, 9.17) is 26.2 Å². The molecular formula is C14H20ClNO4S. The summed E-state index contributed by atoms with van der Waals surface area (Å²) in [6.07, 6.45) is 1.24. The molecule has 0 saturated carbocycles. The fourth-order valence-electron chi connectivity index (χ4n) is 2.50. The minimum atomic E-state index is -3.56. The molecule has 21 heavy (non-hydrogen) atoms. The molecule has 118 valence electrons. The van der Waals surface area contributed by atoms with Gasteiger partial charge < -0.3 is 9.47 Å². The topological polar surface area (TPSA) is 78.6 Å². The van der Waals surface area contributed by atoms with Gasteiger partial charge in [-0.1, -0.05) is 11.6 Å². The molecule has 2 N–H and O–H groups in total. The van der Waals surface area contributed by atoms with Gasteiger partial charge in [0.1, 0.15) is 5.75 Å². The zero-order chi connectivity index (χ0) is 15.5. The molecule has 0 bridgehead atoms. The summed E-state index contributed by atoms with van der Waals surface area (Å²) in [5, 5.41) is 5.90. The minimum Gasteiger partial charge on any atom is -0.493 e. The number of nitrogens with two attached hydrogens (primary N) is 1. The fraction of sp³-hybridized carbons (Fsp3) is 0.571. The highest BCUT2D eigenvalue weighted by atomic mass is 35.5. The molecule has 2 rings (SSSR count). The molecular weight excluding hydrogens is 314 g/mol. The molecule has 1 aromatic carbocycles. The molecule has 1 aromatic rings. The Hall–Kier alpha value is -0.820. The van der Waals surface area contributed by atoms with E-state index in [1.807, 2.05) is 13.0 Å². The standard InChI is InChI=1S/C14H20ClNO4S/c1-11-8-12(2-3-13(11)15)20-9-14(10-21(16,17)18)4-6-19-7-5-14/h2-3,8H,4-7,9-10H2,1H3,(H2,16,17,18). The van der Waals surface area contributed by atoms with Crippen LogP contribution in [0.25, 0.3) is 0 Å². The molecule has 0 spiro atoms. The first-order chi connectivity index (χ1) is 9.80. The molecule has 0 radical (unpaired) electrons. The first-order valence-corrected chi connectivity index (χ1v) is 8.86. The molecule has 1 aliphatic heterocycles. The van der Waals surface area contributed by atoms with Crippen molar-refractivity contribution in [2.24, 2.45) is 10.6 Å². The van der Waals surface area contributed by atoms with Crippen LogP contribution in [0.3, 0.4) is 0 Å². The van der Waals surface area contributed by atoms with Gasteiger partial charge in [-0.3, -0.25) is 0 Å². The number of halogens is 1. The maximum Gasteiger partial charge on any atom is 0.209 e. The first-order valence-electron chi connectivity index (χ1n) is 6.77. The molecule has 7 heteroatoms. The normalized spacial score (nSPS) is 18.4. The smallest absolute Gasteiger partial charge is 0.209 e. The number of primary sulfonamides is 1. The van der Waals surface area contributed by atoms with Crippen LogP contribution in [0.5, 0.6) is 5.75 Å². The first kappa shape index (κ1) is 16.5. The zero-order valence-corrected chi connectivity index (χ0v) is 13.5. The third kappa shape index (κ3) is 4.85. The summed E-state index contributed by atoms with van der Waals surface area (Å²) in [5.74, 6) is 0.591. The summed E-state index contributed by atoms with van der Waals surface area (Å²) in [6.45, 7) is 3.24. The van der Waals surface area contributed by atoms with E-state index in [9.17, 15) is 8.42 Å². The zero-order valence-electron chi connectivity index (χ0n) is 12.0. The van der Waals surface area contributed by atoms with Crippen molar-refractivity contribution in [2.75, 3.05) is 25.6 Å². The van der Waals surface area contributed by atoms with E-state index in [0.717, 1.165) is 5.56 Å². The van der Waals surface area contributed by atoms with E-state index in [1.54, 1.807) is 12.1 Å². The maximum absolute atomic E-state index is 11.5. The summed E-state index contributed by atoms with van der Waals surface area (Å²) in [7, 11) is -3.56. The predicted molar refractivity (Wildman–Crippen MR) is 82.1 cm³/mol. The number of aryl methyl sites for hydroxylation is 1. The van der Waals surface area contributed by atoms with Crippen LogP contribution in [0.1, 0.15) is 18.4 Å². The van der Waals surface area contributed by atoms with E-state index in [-0.39, 0.29) is 5.75 Å². The highest BCUT2D eigenvalue weighted by Gasteiger charge is 2.37. The monoisotopic (exact) mass is 333 g/mol. The van der Waals surface area contributed by atoms with Gasteiger partial charge in [0.2, 0.25) is 10.0 Å². The summed E-state index contributed by atoms with van der Waals surface area (Å²) in [5.41, 5.74) is 0.431. The second-order valence-electron chi connectivity index (χ2n) is 5.62. The summed E-state index contributed by atoms with van der Waals surface area (Å²) >= 11 is 5.98. The van der Waals surface area contributed by atoms with Crippen LogP contribution in [0.15, 0.2) is 18.2 Å². The lowest BCUT2D eigenvalue weighted by Gasteiger charge is -2.36. The Morgan fingerprint density at radius 2 is 2.05 bits per heavy atom. The third-order valence-corrected chi connectivity index (χ3v) is 5.17. The van der Waals surface area contributed by atoms with Crippen molar-refractivity contribution in [1.29, 1.82) is 0 Å². The predicted octanol–water partition coefficient (Wildman–Crippen LogP) is 2.11. The van der Waals surface area contributed by atoms with Crippen molar-refractivity contribution >= 4 is 21.6 Å². The average molecular weight is 334 g/mol. The Morgan fingerprint density at radius 3 is 2.62 bits per heavy atom. The Labute approximate surface area is 130 Å². The Balaban J connectivity index is 2.10. The summed E-state index contributed by atoms with van der Waals surface area (Å²) in [4.78, 5) is 0. The van der Waals surface area contributed by atoms with Crippen LogP contribution in [0.4, 0.5) is 0 Å². The number of hydrogen-bond acceptors (Lipinski definition) is 4. The second kappa shape index (κ2) is 6.52. The molecule has 5 nitrogen and oxygen atoms in total. The minimum absolute atomic E-state index is 0.0874. The molecule has 1 aliphatic rings. The Morgan fingerprint density at radius 1 is 1.38 bits per heavy atom. The summed E-state index contributed by atoms with van der Waals surface area (Å²) in [6, 6.07) is 5.38. The lowest BCUT2D eigenvalue weighted by atomic mass is 9.83. The van der Waals surface area contributed by atoms with Crippen LogP contribution < -0.4 is 9.88 Å². The summed E-state index contributed by atoms with van der Waals surface area (Å²) < 4.78 is 34.1. The van der Waals surface area contributed by atoms with Crippen LogP contribution >= 0.6 is 11.6 Å². The highest BCUT2D eigenvalue weighted by Crippen LogP contribution is 2.33. The second-order valence-corrected chi connectivity index (χ2v) is 7.64. The van der Waals surface area contributed by atoms with Crippen molar-refractivity contribution in [3.05, 3.63) is 28.8 Å². The fourth-order valence-corrected chi connectivity index (χ4v) is 3.85. The molecule has 0 aromatic heterocycles. The van der Waals surface area contributed by atoms with E-state index in [2.05, 4.69) is 0 Å². The number of hydrogen-bond donors (Lipinski definition) is 1. The quantitative estimate of drug-likeness (QED) is 0.895. The van der Waals surface area contributed by atoms with E-state index >= 15 is 0 Å². The number of rotatable bonds is 5.